The first-order valence-electron chi connectivity index (χ1n) is 6.26. The number of nitrogens with zero attached hydrogens (tertiary/aromatic N) is 2. The number of hydrogen-bond donors (Lipinski definition) is 1. The summed E-state index contributed by atoms with van der Waals surface area (Å²) in [5.74, 6) is -0.405. The van der Waals surface area contributed by atoms with Gasteiger partial charge in [-0.1, -0.05) is 12.1 Å². The van der Waals surface area contributed by atoms with Crippen molar-refractivity contribution in [1.29, 1.82) is 0 Å². The van der Waals surface area contributed by atoms with Crippen LogP contribution in [0.15, 0.2) is 36.4 Å². The quantitative estimate of drug-likeness (QED) is 0.739. The SMILES string of the molecule is CCOc1cccc2nc3cccc(C(=O)O)c3nc12. The van der Waals surface area contributed by atoms with Crippen LogP contribution in [0.2, 0.25) is 0 Å². The molecule has 0 unspecified atom stereocenters. The van der Waals surface area contributed by atoms with Crippen molar-refractivity contribution in [2.24, 2.45) is 0 Å². The number of carbonyl (C=O) groups is 1. The molecule has 3 rings (SSSR count). The molecule has 0 fully saturated rings. The Morgan fingerprint density at radius 3 is 2.50 bits per heavy atom. The van der Waals surface area contributed by atoms with Crippen LogP contribution in [0.4, 0.5) is 0 Å². The molecule has 5 heteroatoms. The second-order valence-electron chi connectivity index (χ2n) is 4.26. The molecule has 5 nitrogen and oxygen atoms in total. The molecule has 20 heavy (non-hydrogen) atoms. The Bertz CT molecular complexity index is 815. The normalized spacial score (nSPS) is 10.8. The van der Waals surface area contributed by atoms with E-state index in [1.807, 2.05) is 19.1 Å². The summed E-state index contributed by atoms with van der Waals surface area (Å²) in [5, 5.41) is 9.23. The number of rotatable bonds is 3. The van der Waals surface area contributed by atoms with Crippen molar-refractivity contribution >= 4 is 28.0 Å². The smallest absolute Gasteiger partial charge is 0.337 e. The predicted octanol–water partition coefficient (Wildman–Crippen LogP) is 2.88. The van der Waals surface area contributed by atoms with Gasteiger partial charge < -0.3 is 9.84 Å². The molecule has 0 atom stereocenters. The number of aromatic nitrogens is 2. The highest BCUT2D eigenvalue weighted by Crippen LogP contribution is 2.26. The Morgan fingerprint density at radius 1 is 1.10 bits per heavy atom. The number of benzene rings is 2. The maximum Gasteiger partial charge on any atom is 0.337 e. The second kappa shape index (κ2) is 4.77. The molecule has 1 aromatic heterocycles. The van der Waals surface area contributed by atoms with Crippen LogP contribution in [0.1, 0.15) is 17.3 Å². The molecule has 0 aliphatic carbocycles. The van der Waals surface area contributed by atoms with Crippen LogP contribution < -0.4 is 4.74 Å². The average molecular weight is 268 g/mol. The van der Waals surface area contributed by atoms with Crippen molar-refractivity contribution in [2.75, 3.05) is 6.61 Å². The van der Waals surface area contributed by atoms with Gasteiger partial charge in [0, 0.05) is 0 Å². The van der Waals surface area contributed by atoms with Crippen LogP contribution in [0, 0.1) is 0 Å². The molecule has 3 aromatic rings. The van der Waals surface area contributed by atoms with Crippen LogP contribution >= 0.6 is 0 Å². The molecule has 0 aliphatic heterocycles. The zero-order valence-corrected chi connectivity index (χ0v) is 10.8. The number of hydrogen-bond acceptors (Lipinski definition) is 4. The molecule has 100 valence electrons. The number of aromatic carboxylic acids is 1. The van der Waals surface area contributed by atoms with Gasteiger partial charge in [0.15, 0.2) is 0 Å². The Labute approximate surface area is 114 Å². The number of carboxylic acids is 1. The van der Waals surface area contributed by atoms with Crippen molar-refractivity contribution in [3.05, 3.63) is 42.0 Å². The van der Waals surface area contributed by atoms with Crippen molar-refractivity contribution in [3.63, 3.8) is 0 Å². The standard InChI is InChI=1S/C15H12N2O3/c1-2-20-12-8-4-7-11-14(12)17-13-9(15(18)19)5-3-6-10(13)16-11/h3-8H,2H2,1H3,(H,18,19). The summed E-state index contributed by atoms with van der Waals surface area (Å²) in [6.07, 6.45) is 0. The summed E-state index contributed by atoms with van der Waals surface area (Å²) in [6.45, 7) is 2.40. The minimum atomic E-state index is -1.02. The van der Waals surface area contributed by atoms with E-state index < -0.39 is 5.97 Å². The predicted molar refractivity (Wildman–Crippen MR) is 75.2 cm³/mol. The van der Waals surface area contributed by atoms with E-state index in [0.717, 1.165) is 0 Å². The molecule has 0 radical (unpaired) electrons. The van der Waals surface area contributed by atoms with Gasteiger partial charge in [-0.3, -0.25) is 0 Å². The van der Waals surface area contributed by atoms with Crippen molar-refractivity contribution in [2.45, 2.75) is 6.92 Å². The lowest BCUT2D eigenvalue weighted by molar-refractivity contribution is 0.0699. The van der Waals surface area contributed by atoms with Crippen LogP contribution in [0.3, 0.4) is 0 Å². The largest absolute Gasteiger partial charge is 0.492 e. The molecule has 0 saturated heterocycles. The minimum Gasteiger partial charge on any atom is -0.492 e. The first-order chi connectivity index (χ1) is 9.70. The van der Waals surface area contributed by atoms with Crippen molar-refractivity contribution in [1.82, 2.24) is 9.97 Å². The van der Waals surface area contributed by atoms with E-state index in [9.17, 15) is 9.90 Å². The lowest BCUT2D eigenvalue weighted by Crippen LogP contribution is -2.01. The second-order valence-corrected chi connectivity index (χ2v) is 4.26. The molecule has 0 aliphatic rings. The third kappa shape index (κ3) is 1.93. The van der Waals surface area contributed by atoms with Gasteiger partial charge in [0.25, 0.3) is 0 Å². The third-order valence-corrected chi connectivity index (χ3v) is 2.99. The Morgan fingerprint density at radius 2 is 1.80 bits per heavy atom. The van der Waals surface area contributed by atoms with Gasteiger partial charge in [-0.2, -0.15) is 0 Å². The molecule has 0 saturated carbocycles. The van der Waals surface area contributed by atoms with E-state index in [0.29, 0.717) is 34.4 Å². The molecule has 1 heterocycles. The molecule has 0 amide bonds. The summed E-state index contributed by atoms with van der Waals surface area (Å²) in [5.41, 5.74) is 2.34. The first-order valence-corrected chi connectivity index (χ1v) is 6.26. The van der Waals surface area contributed by atoms with Gasteiger partial charge in [0.05, 0.1) is 23.2 Å². The molecule has 0 spiro atoms. The third-order valence-electron chi connectivity index (χ3n) is 2.99. The number of fused-ring (bicyclic) bond motifs is 2. The van der Waals surface area contributed by atoms with Crippen LogP contribution in [-0.2, 0) is 0 Å². The summed E-state index contributed by atoms with van der Waals surface area (Å²) in [6, 6.07) is 10.4. The fourth-order valence-corrected chi connectivity index (χ4v) is 2.14. The zero-order chi connectivity index (χ0) is 14.1. The lowest BCUT2D eigenvalue weighted by Gasteiger charge is -2.08. The zero-order valence-electron chi connectivity index (χ0n) is 10.8. The molecule has 2 aromatic carbocycles. The van der Waals surface area contributed by atoms with Crippen LogP contribution in [0.5, 0.6) is 5.75 Å². The topological polar surface area (TPSA) is 72.3 Å². The van der Waals surface area contributed by atoms with Gasteiger partial charge in [-0.15, -0.1) is 0 Å². The van der Waals surface area contributed by atoms with Crippen molar-refractivity contribution < 1.29 is 14.6 Å². The number of carboxylic acid groups (broad SMARTS) is 1. The van der Waals surface area contributed by atoms with E-state index in [-0.39, 0.29) is 5.56 Å². The van der Waals surface area contributed by atoms with Gasteiger partial charge in [-0.25, -0.2) is 14.8 Å². The van der Waals surface area contributed by atoms with E-state index >= 15 is 0 Å². The summed E-state index contributed by atoms with van der Waals surface area (Å²) < 4.78 is 5.52. The van der Waals surface area contributed by atoms with Gasteiger partial charge in [-0.05, 0) is 31.2 Å². The first kappa shape index (κ1) is 12.3. The lowest BCUT2D eigenvalue weighted by atomic mass is 10.1. The van der Waals surface area contributed by atoms with Crippen molar-refractivity contribution in [3.8, 4) is 5.75 Å². The number of para-hydroxylation sites is 2. The highest BCUT2D eigenvalue weighted by molar-refractivity contribution is 6.03. The summed E-state index contributed by atoms with van der Waals surface area (Å²) >= 11 is 0. The minimum absolute atomic E-state index is 0.142. The maximum absolute atomic E-state index is 11.3. The maximum atomic E-state index is 11.3. The van der Waals surface area contributed by atoms with E-state index in [1.54, 1.807) is 18.2 Å². The molecule has 0 bridgehead atoms. The Kier molecular flexibility index (Phi) is 2.95. The summed E-state index contributed by atoms with van der Waals surface area (Å²) in [4.78, 5) is 20.2. The van der Waals surface area contributed by atoms with Gasteiger partial charge in [0.1, 0.15) is 16.8 Å². The number of ether oxygens (including phenoxy) is 1. The van der Waals surface area contributed by atoms with Gasteiger partial charge >= 0.3 is 5.97 Å². The van der Waals surface area contributed by atoms with E-state index in [1.165, 1.54) is 6.07 Å². The van der Waals surface area contributed by atoms with Crippen LogP contribution in [0.25, 0.3) is 22.1 Å². The monoisotopic (exact) mass is 268 g/mol. The van der Waals surface area contributed by atoms with Crippen LogP contribution in [-0.4, -0.2) is 27.7 Å². The highest BCUT2D eigenvalue weighted by Gasteiger charge is 2.13. The fourth-order valence-electron chi connectivity index (χ4n) is 2.14. The van der Waals surface area contributed by atoms with E-state index in [4.69, 9.17) is 4.74 Å². The van der Waals surface area contributed by atoms with Gasteiger partial charge in [0.2, 0.25) is 0 Å². The fraction of sp³-hybridized carbons (Fsp3) is 0.133. The van der Waals surface area contributed by atoms with E-state index in [2.05, 4.69) is 9.97 Å². The summed E-state index contributed by atoms with van der Waals surface area (Å²) in [7, 11) is 0. The molecule has 1 N–H and O–H groups in total. The average Bonchev–Trinajstić information content (AvgIpc) is 2.45. The molecular weight excluding hydrogens is 256 g/mol. The Hall–Kier alpha value is -2.69. The Balaban J connectivity index is 2.39. The highest BCUT2D eigenvalue weighted by atomic mass is 16.5. The molecular formula is C15H12N2O3.